The summed E-state index contributed by atoms with van der Waals surface area (Å²) in [6.45, 7) is 0.493. The second-order valence-electron chi connectivity index (χ2n) is 5.42. The number of carbonyl (C=O) groups excluding carboxylic acids is 1. The SMILES string of the molecule is CN(Cc1ccccc1Br)C(=O)C1CCC(F)(F)CC1. The summed E-state index contributed by atoms with van der Waals surface area (Å²) in [5, 5.41) is 0. The minimum atomic E-state index is -2.59. The van der Waals surface area contributed by atoms with E-state index in [0.29, 0.717) is 6.54 Å². The first-order valence-corrected chi connectivity index (χ1v) is 7.54. The second-order valence-corrected chi connectivity index (χ2v) is 6.27. The highest BCUT2D eigenvalue weighted by Gasteiger charge is 2.38. The predicted octanol–water partition coefficient (Wildman–Crippen LogP) is 4.23. The molecule has 0 unspecified atom stereocenters. The molecule has 0 bridgehead atoms. The standard InChI is InChI=1S/C15H18BrF2NO/c1-19(10-12-4-2-3-5-13(12)16)14(20)11-6-8-15(17,18)9-7-11/h2-5,11H,6-10H2,1H3. The van der Waals surface area contributed by atoms with Crippen molar-refractivity contribution in [2.24, 2.45) is 5.92 Å². The lowest BCUT2D eigenvalue weighted by Gasteiger charge is -2.30. The van der Waals surface area contributed by atoms with Crippen molar-refractivity contribution in [1.82, 2.24) is 4.90 Å². The number of carbonyl (C=O) groups is 1. The topological polar surface area (TPSA) is 20.3 Å². The monoisotopic (exact) mass is 345 g/mol. The van der Waals surface area contributed by atoms with Gasteiger partial charge in [0, 0.05) is 36.8 Å². The van der Waals surface area contributed by atoms with E-state index >= 15 is 0 Å². The molecule has 0 saturated heterocycles. The third-order valence-electron chi connectivity index (χ3n) is 3.81. The highest BCUT2D eigenvalue weighted by Crippen LogP contribution is 2.36. The van der Waals surface area contributed by atoms with Gasteiger partial charge in [-0.25, -0.2) is 8.78 Å². The van der Waals surface area contributed by atoms with E-state index in [4.69, 9.17) is 0 Å². The fraction of sp³-hybridized carbons (Fsp3) is 0.533. The Balaban J connectivity index is 1.94. The predicted molar refractivity (Wildman–Crippen MR) is 77.5 cm³/mol. The molecule has 1 aliphatic rings. The number of alkyl halides is 2. The number of benzene rings is 1. The van der Waals surface area contributed by atoms with Gasteiger partial charge in [0.1, 0.15) is 0 Å². The van der Waals surface area contributed by atoms with Crippen LogP contribution in [0.1, 0.15) is 31.2 Å². The number of rotatable bonds is 3. The van der Waals surface area contributed by atoms with Crippen LogP contribution in [0.15, 0.2) is 28.7 Å². The highest BCUT2D eigenvalue weighted by atomic mass is 79.9. The van der Waals surface area contributed by atoms with Crippen LogP contribution < -0.4 is 0 Å². The zero-order chi connectivity index (χ0) is 14.8. The number of hydrogen-bond acceptors (Lipinski definition) is 1. The van der Waals surface area contributed by atoms with Crippen LogP contribution in [0, 0.1) is 5.92 Å². The fourth-order valence-corrected chi connectivity index (χ4v) is 2.97. The molecule has 0 N–H and O–H groups in total. The summed E-state index contributed by atoms with van der Waals surface area (Å²) >= 11 is 3.45. The normalized spacial score (nSPS) is 18.8. The quantitative estimate of drug-likeness (QED) is 0.802. The lowest BCUT2D eigenvalue weighted by Crippen LogP contribution is -2.36. The number of hydrogen-bond donors (Lipinski definition) is 0. The average molecular weight is 346 g/mol. The molecular weight excluding hydrogens is 328 g/mol. The van der Waals surface area contributed by atoms with Gasteiger partial charge >= 0.3 is 0 Å². The lowest BCUT2D eigenvalue weighted by molar-refractivity contribution is -0.138. The molecular formula is C15H18BrF2NO. The van der Waals surface area contributed by atoms with Crippen LogP contribution >= 0.6 is 15.9 Å². The van der Waals surface area contributed by atoms with Crippen molar-refractivity contribution < 1.29 is 13.6 Å². The maximum absolute atomic E-state index is 13.1. The highest BCUT2D eigenvalue weighted by molar-refractivity contribution is 9.10. The Morgan fingerprint density at radius 1 is 1.35 bits per heavy atom. The summed E-state index contributed by atoms with van der Waals surface area (Å²) in [5.74, 6) is -2.88. The molecule has 0 radical (unpaired) electrons. The minimum Gasteiger partial charge on any atom is -0.341 e. The van der Waals surface area contributed by atoms with Crippen LogP contribution in [-0.4, -0.2) is 23.8 Å². The number of nitrogens with zero attached hydrogens (tertiary/aromatic N) is 1. The van der Waals surface area contributed by atoms with Gasteiger partial charge in [-0.1, -0.05) is 34.1 Å². The van der Waals surface area contributed by atoms with Crippen LogP contribution in [0.5, 0.6) is 0 Å². The van der Waals surface area contributed by atoms with Gasteiger partial charge in [-0.05, 0) is 24.5 Å². The van der Waals surface area contributed by atoms with Crippen molar-refractivity contribution in [1.29, 1.82) is 0 Å². The first-order chi connectivity index (χ1) is 9.39. The van der Waals surface area contributed by atoms with Gasteiger partial charge in [0.2, 0.25) is 11.8 Å². The third-order valence-corrected chi connectivity index (χ3v) is 4.58. The van der Waals surface area contributed by atoms with Crippen molar-refractivity contribution in [3.63, 3.8) is 0 Å². The van der Waals surface area contributed by atoms with Crippen molar-refractivity contribution in [3.05, 3.63) is 34.3 Å². The zero-order valence-electron chi connectivity index (χ0n) is 11.4. The summed E-state index contributed by atoms with van der Waals surface area (Å²) in [6.07, 6.45) is 0.219. The van der Waals surface area contributed by atoms with Crippen molar-refractivity contribution in [2.45, 2.75) is 38.2 Å². The molecule has 1 amide bonds. The average Bonchev–Trinajstić information content (AvgIpc) is 2.40. The van der Waals surface area contributed by atoms with Gasteiger partial charge in [-0.3, -0.25) is 4.79 Å². The summed E-state index contributed by atoms with van der Waals surface area (Å²) in [7, 11) is 1.73. The largest absolute Gasteiger partial charge is 0.341 e. The molecule has 0 atom stereocenters. The maximum Gasteiger partial charge on any atom is 0.248 e. The summed E-state index contributed by atoms with van der Waals surface area (Å²) in [4.78, 5) is 13.9. The number of amides is 1. The molecule has 20 heavy (non-hydrogen) atoms. The van der Waals surface area contributed by atoms with Crippen molar-refractivity contribution in [2.75, 3.05) is 7.05 Å². The van der Waals surface area contributed by atoms with E-state index in [1.54, 1.807) is 11.9 Å². The van der Waals surface area contributed by atoms with Crippen LogP contribution in [0.2, 0.25) is 0 Å². The Labute approximate surface area is 126 Å². The Morgan fingerprint density at radius 3 is 2.55 bits per heavy atom. The van der Waals surface area contributed by atoms with Crippen LogP contribution in [0.25, 0.3) is 0 Å². The molecule has 1 aliphatic carbocycles. The molecule has 1 fully saturated rings. The van der Waals surface area contributed by atoms with Gasteiger partial charge < -0.3 is 4.90 Å². The van der Waals surface area contributed by atoms with E-state index in [1.807, 2.05) is 24.3 Å². The molecule has 0 spiro atoms. The Morgan fingerprint density at radius 2 is 1.95 bits per heavy atom. The summed E-state index contributed by atoms with van der Waals surface area (Å²) in [6, 6.07) is 7.70. The van der Waals surface area contributed by atoms with E-state index in [2.05, 4.69) is 15.9 Å². The molecule has 2 rings (SSSR count). The molecule has 1 aromatic rings. The van der Waals surface area contributed by atoms with Gasteiger partial charge in [0.25, 0.3) is 0 Å². The first kappa shape index (κ1) is 15.4. The van der Waals surface area contributed by atoms with Gasteiger partial charge in [-0.15, -0.1) is 0 Å². The van der Waals surface area contributed by atoms with Gasteiger partial charge in [0.15, 0.2) is 0 Å². The molecule has 1 aromatic carbocycles. The van der Waals surface area contributed by atoms with Crippen molar-refractivity contribution in [3.8, 4) is 0 Å². The molecule has 1 saturated carbocycles. The van der Waals surface area contributed by atoms with E-state index in [1.165, 1.54) is 0 Å². The molecule has 0 aromatic heterocycles. The Hall–Kier alpha value is -0.970. The Kier molecular flexibility index (Phi) is 4.78. The zero-order valence-corrected chi connectivity index (χ0v) is 13.0. The third kappa shape index (κ3) is 3.78. The fourth-order valence-electron chi connectivity index (χ4n) is 2.56. The van der Waals surface area contributed by atoms with E-state index in [-0.39, 0.29) is 37.5 Å². The van der Waals surface area contributed by atoms with E-state index in [9.17, 15) is 13.6 Å². The second kappa shape index (κ2) is 6.20. The van der Waals surface area contributed by atoms with E-state index in [0.717, 1.165) is 10.0 Å². The van der Waals surface area contributed by atoms with Crippen LogP contribution in [0.4, 0.5) is 8.78 Å². The molecule has 0 heterocycles. The maximum atomic E-state index is 13.1. The Bertz CT molecular complexity index is 483. The van der Waals surface area contributed by atoms with Crippen LogP contribution in [-0.2, 0) is 11.3 Å². The minimum absolute atomic E-state index is 0.0312. The number of halogens is 3. The smallest absolute Gasteiger partial charge is 0.248 e. The van der Waals surface area contributed by atoms with Gasteiger partial charge in [0.05, 0.1) is 0 Å². The summed E-state index contributed by atoms with van der Waals surface area (Å²) < 4.78 is 27.2. The lowest BCUT2D eigenvalue weighted by atomic mass is 9.86. The van der Waals surface area contributed by atoms with Crippen LogP contribution in [0.3, 0.4) is 0 Å². The van der Waals surface area contributed by atoms with E-state index < -0.39 is 5.92 Å². The first-order valence-electron chi connectivity index (χ1n) is 6.75. The molecule has 5 heteroatoms. The molecule has 2 nitrogen and oxygen atoms in total. The summed E-state index contributed by atoms with van der Waals surface area (Å²) in [5.41, 5.74) is 1.02. The molecule has 110 valence electrons. The van der Waals surface area contributed by atoms with Gasteiger partial charge in [-0.2, -0.15) is 0 Å². The van der Waals surface area contributed by atoms with Crippen molar-refractivity contribution >= 4 is 21.8 Å². The molecule has 0 aliphatic heterocycles.